The maximum atomic E-state index is 13.4. The van der Waals surface area contributed by atoms with Crippen molar-refractivity contribution >= 4 is 10.9 Å². The molecule has 1 aromatic heterocycles. The van der Waals surface area contributed by atoms with Crippen LogP contribution in [0.4, 0.5) is 4.39 Å². The average Bonchev–Trinajstić information content (AvgIpc) is 2.18. The van der Waals surface area contributed by atoms with Crippen LogP contribution in [-0.2, 0) is 0 Å². The lowest BCUT2D eigenvalue weighted by Crippen LogP contribution is -2.14. The number of hydrogen-bond acceptors (Lipinski definition) is 2. The van der Waals surface area contributed by atoms with Crippen molar-refractivity contribution in [1.82, 2.24) is 9.97 Å². The van der Waals surface area contributed by atoms with Crippen LogP contribution < -0.4 is 5.69 Å². The standard InChI is InChI=1S/C11H11FN2O/c1-6(2)9-7-4-3-5-8(12)10(7)14-11(15)13-9/h3-6H,1-2H3,(H,13,14,15). The van der Waals surface area contributed by atoms with Crippen molar-refractivity contribution < 1.29 is 4.39 Å². The Kier molecular flexibility index (Phi) is 2.26. The second kappa shape index (κ2) is 3.46. The molecule has 0 bridgehead atoms. The maximum absolute atomic E-state index is 13.4. The van der Waals surface area contributed by atoms with Gasteiger partial charge in [-0.2, -0.15) is 4.98 Å². The second-order valence-corrected chi connectivity index (χ2v) is 3.75. The first kappa shape index (κ1) is 9.83. The Labute approximate surface area is 86.0 Å². The van der Waals surface area contributed by atoms with Crippen LogP contribution in [-0.4, -0.2) is 9.97 Å². The summed E-state index contributed by atoms with van der Waals surface area (Å²) in [5, 5.41) is 0.671. The highest BCUT2D eigenvalue weighted by molar-refractivity contribution is 5.81. The third kappa shape index (κ3) is 1.63. The number of para-hydroxylation sites is 1. The fraction of sp³-hybridized carbons (Fsp3) is 0.273. The predicted octanol–water partition coefficient (Wildman–Crippen LogP) is 2.19. The average molecular weight is 206 g/mol. The number of rotatable bonds is 1. The SMILES string of the molecule is CC(C)c1[nH]c(=O)nc2c(F)cccc12. The van der Waals surface area contributed by atoms with E-state index < -0.39 is 11.5 Å². The molecule has 0 amide bonds. The van der Waals surface area contributed by atoms with Gasteiger partial charge in [0.15, 0.2) is 0 Å². The molecule has 1 heterocycles. The Bertz CT molecular complexity index is 560. The predicted molar refractivity (Wildman–Crippen MR) is 56.4 cm³/mol. The quantitative estimate of drug-likeness (QED) is 0.777. The minimum Gasteiger partial charge on any atom is -0.309 e. The third-order valence-corrected chi connectivity index (χ3v) is 2.31. The van der Waals surface area contributed by atoms with Crippen LogP contribution in [0.5, 0.6) is 0 Å². The molecule has 0 saturated heterocycles. The molecule has 0 fully saturated rings. The normalized spacial score (nSPS) is 11.2. The van der Waals surface area contributed by atoms with E-state index in [2.05, 4.69) is 9.97 Å². The van der Waals surface area contributed by atoms with Gasteiger partial charge in [0.25, 0.3) is 0 Å². The van der Waals surface area contributed by atoms with Crippen LogP contribution in [0.3, 0.4) is 0 Å². The molecule has 1 aromatic carbocycles. The van der Waals surface area contributed by atoms with Crippen molar-refractivity contribution in [1.29, 1.82) is 0 Å². The number of nitrogens with one attached hydrogen (secondary N) is 1. The highest BCUT2D eigenvalue weighted by Crippen LogP contribution is 2.21. The van der Waals surface area contributed by atoms with Crippen molar-refractivity contribution in [3.8, 4) is 0 Å². The van der Waals surface area contributed by atoms with Crippen LogP contribution in [0.2, 0.25) is 0 Å². The Hall–Kier alpha value is -1.71. The largest absolute Gasteiger partial charge is 0.345 e. The zero-order chi connectivity index (χ0) is 11.0. The molecule has 0 aliphatic carbocycles. The molecule has 0 radical (unpaired) electrons. The van der Waals surface area contributed by atoms with Crippen molar-refractivity contribution in [2.24, 2.45) is 0 Å². The maximum Gasteiger partial charge on any atom is 0.345 e. The van der Waals surface area contributed by atoms with Gasteiger partial charge >= 0.3 is 5.69 Å². The molecular formula is C11H11FN2O. The molecule has 0 atom stereocenters. The summed E-state index contributed by atoms with van der Waals surface area (Å²) in [6.45, 7) is 3.88. The van der Waals surface area contributed by atoms with E-state index in [-0.39, 0.29) is 11.4 Å². The molecule has 0 aliphatic heterocycles. The summed E-state index contributed by atoms with van der Waals surface area (Å²) in [6.07, 6.45) is 0. The molecule has 0 spiro atoms. The molecule has 0 unspecified atom stereocenters. The Morgan fingerprint density at radius 2 is 2.13 bits per heavy atom. The smallest absolute Gasteiger partial charge is 0.309 e. The van der Waals surface area contributed by atoms with Crippen molar-refractivity contribution in [2.45, 2.75) is 19.8 Å². The van der Waals surface area contributed by atoms with E-state index in [0.29, 0.717) is 5.39 Å². The zero-order valence-electron chi connectivity index (χ0n) is 8.54. The number of H-pyrrole nitrogens is 1. The molecule has 4 heteroatoms. The third-order valence-electron chi connectivity index (χ3n) is 2.31. The van der Waals surface area contributed by atoms with Crippen LogP contribution in [0.25, 0.3) is 10.9 Å². The topological polar surface area (TPSA) is 45.8 Å². The number of nitrogens with zero attached hydrogens (tertiary/aromatic N) is 1. The Balaban J connectivity index is 2.93. The minimum absolute atomic E-state index is 0.130. The fourth-order valence-corrected chi connectivity index (χ4v) is 1.61. The Morgan fingerprint density at radius 1 is 1.40 bits per heavy atom. The molecular weight excluding hydrogens is 195 g/mol. The summed E-state index contributed by atoms with van der Waals surface area (Å²) < 4.78 is 13.4. The summed E-state index contributed by atoms with van der Waals surface area (Å²) in [5.74, 6) is -0.328. The fourth-order valence-electron chi connectivity index (χ4n) is 1.61. The van der Waals surface area contributed by atoms with Crippen molar-refractivity contribution in [2.75, 3.05) is 0 Å². The molecule has 3 nitrogen and oxygen atoms in total. The van der Waals surface area contributed by atoms with Crippen LogP contribution in [0, 0.1) is 5.82 Å². The molecule has 1 N–H and O–H groups in total. The monoisotopic (exact) mass is 206 g/mol. The lowest BCUT2D eigenvalue weighted by Gasteiger charge is -2.08. The number of halogens is 1. The van der Waals surface area contributed by atoms with Crippen molar-refractivity contribution in [3.63, 3.8) is 0 Å². The first-order chi connectivity index (χ1) is 7.09. The van der Waals surface area contributed by atoms with Crippen molar-refractivity contribution in [3.05, 3.63) is 40.2 Å². The van der Waals surface area contributed by atoms with E-state index in [1.807, 2.05) is 13.8 Å². The summed E-state index contributed by atoms with van der Waals surface area (Å²) in [5.41, 5.74) is 0.366. The van der Waals surface area contributed by atoms with Gasteiger partial charge in [0.05, 0.1) is 0 Å². The minimum atomic E-state index is -0.503. The number of aromatic nitrogens is 2. The molecule has 2 rings (SSSR count). The van der Waals surface area contributed by atoms with Crippen LogP contribution >= 0.6 is 0 Å². The van der Waals surface area contributed by atoms with E-state index in [1.54, 1.807) is 12.1 Å². The summed E-state index contributed by atoms with van der Waals surface area (Å²) in [4.78, 5) is 17.5. The number of aromatic amines is 1. The van der Waals surface area contributed by atoms with E-state index in [4.69, 9.17) is 0 Å². The number of benzene rings is 1. The lowest BCUT2D eigenvalue weighted by atomic mass is 10.0. The highest BCUT2D eigenvalue weighted by Gasteiger charge is 2.10. The number of fused-ring (bicyclic) bond motifs is 1. The number of hydrogen-bond donors (Lipinski definition) is 1. The van der Waals surface area contributed by atoms with Gasteiger partial charge in [-0.25, -0.2) is 9.18 Å². The van der Waals surface area contributed by atoms with Gasteiger partial charge in [0.2, 0.25) is 0 Å². The lowest BCUT2D eigenvalue weighted by molar-refractivity contribution is 0.635. The highest BCUT2D eigenvalue weighted by atomic mass is 19.1. The van der Waals surface area contributed by atoms with E-state index in [1.165, 1.54) is 6.07 Å². The second-order valence-electron chi connectivity index (χ2n) is 3.75. The summed E-state index contributed by atoms with van der Waals surface area (Å²) in [7, 11) is 0. The van der Waals surface area contributed by atoms with Crippen LogP contribution in [0.15, 0.2) is 23.0 Å². The van der Waals surface area contributed by atoms with E-state index in [0.717, 1.165) is 5.69 Å². The van der Waals surface area contributed by atoms with E-state index >= 15 is 0 Å². The van der Waals surface area contributed by atoms with Gasteiger partial charge in [-0.3, -0.25) is 0 Å². The summed E-state index contributed by atoms with van der Waals surface area (Å²) >= 11 is 0. The first-order valence-corrected chi connectivity index (χ1v) is 4.78. The zero-order valence-corrected chi connectivity index (χ0v) is 8.54. The van der Waals surface area contributed by atoms with Gasteiger partial charge in [-0.05, 0) is 12.0 Å². The van der Waals surface area contributed by atoms with Gasteiger partial charge in [-0.15, -0.1) is 0 Å². The van der Waals surface area contributed by atoms with Gasteiger partial charge < -0.3 is 4.98 Å². The van der Waals surface area contributed by atoms with Gasteiger partial charge in [0, 0.05) is 11.1 Å². The van der Waals surface area contributed by atoms with Gasteiger partial charge in [-0.1, -0.05) is 26.0 Å². The molecule has 78 valence electrons. The molecule has 0 aliphatic rings. The Morgan fingerprint density at radius 3 is 2.80 bits per heavy atom. The molecule has 2 aromatic rings. The molecule has 0 saturated carbocycles. The first-order valence-electron chi connectivity index (χ1n) is 4.78. The van der Waals surface area contributed by atoms with Crippen LogP contribution in [0.1, 0.15) is 25.5 Å². The molecule has 15 heavy (non-hydrogen) atoms. The van der Waals surface area contributed by atoms with E-state index in [9.17, 15) is 9.18 Å². The summed E-state index contributed by atoms with van der Waals surface area (Å²) in [6, 6.07) is 4.68. The van der Waals surface area contributed by atoms with Gasteiger partial charge in [0.1, 0.15) is 11.3 Å².